The van der Waals surface area contributed by atoms with Crippen molar-refractivity contribution < 1.29 is 18.4 Å². The van der Waals surface area contributed by atoms with Gasteiger partial charge in [0.15, 0.2) is 0 Å². The number of hydrogen-bond acceptors (Lipinski definition) is 3. The van der Waals surface area contributed by atoms with E-state index >= 15 is 0 Å². The molecular weight excluding hydrogens is 312 g/mol. The van der Waals surface area contributed by atoms with E-state index in [0.29, 0.717) is 0 Å². The Morgan fingerprint density at radius 3 is 2.17 bits per heavy atom. The number of alkyl halides is 2. The van der Waals surface area contributed by atoms with Crippen LogP contribution < -0.4 is 4.74 Å². The lowest BCUT2D eigenvalue weighted by Crippen LogP contribution is -2.02. The van der Waals surface area contributed by atoms with Gasteiger partial charge in [0, 0.05) is 0 Å². The lowest BCUT2D eigenvalue weighted by molar-refractivity contribution is -0.385. The summed E-state index contributed by atoms with van der Waals surface area (Å²) in [6.07, 6.45) is 0. The number of rotatable bonds is 3. The van der Waals surface area contributed by atoms with Crippen molar-refractivity contribution in [2.45, 2.75) is 34.3 Å². The van der Waals surface area contributed by atoms with Crippen molar-refractivity contribution >= 4 is 21.6 Å². The van der Waals surface area contributed by atoms with E-state index in [-0.39, 0.29) is 15.9 Å². The SMILES string of the molecule is CC.CC.O=[N+]([O-])c1cc(OC(F)F)ccc1Br. The fraction of sp³-hybridized carbons (Fsp3) is 0.455. The number of hydrogen-bond donors (Lipinski definition) is 0. The number of nitro benzene ring substituents is 1. The van der Waals surface area contributed by atoms with E-state index in [1.54, 1.807) is 0 Å². The van der Waals surface area contributed by atoms with Crippen LogP contribution in [0, 0.1) is 10.1 Å². The van der Waals surface area contributed by atoms with Crippen LogP contribution in [0.2, 0.25) is 0 Å². The Kier molecular flexibility index (Phi) is 11.6. The molecule has 0 saturated heterocycles. The summed E-state index contributed by atoms with van der Waals surface area (Å²) in [5, 5.41) is 10.4. The third-order valence-electron chi connectivity index (χ3n) is 1.34. The number of nitrogens with zero attached hydrogens (tertiary/aromatic N) is 1. The number of ether oxygens (including phenoxy) is 1. The molecule has 1 aromatic carbocycles. The normalized spacial score (nSPS) is 8.67. The first kappa shape index (κ1) is 19.1. The van der Waals surface area contributed by atoms with Gasteiger partial charge in [-0.3, -0.25) is 10.1 Å². The molecule has 18 heavy (non-hydrogen) atoms. The van der Waals surface area contributed by atoms with Gasteiger partial charge in [-0.2, -0.15) is 8.78 Å². The Labute approximate surface area is 113 Å². The van der Waals surface area contributed by atoms with Gasteiger partial charge in [-0.05, 0) is 28.1 Å². The highest BCUT2D eigenvalue weighted by atomic mass is 79.9. The predicted octanol–water partition coefficient (Wildman–Crippen LogP) is 5.01. The maximum atomic E-state index is 11.8. The van der Waals surface area contributed by atoms with E-state index in [4.69, 9.17) is 0 Å². The zero-order valence-electron chi connectivity index (χ0n) is 10.6. The molecule has 0 aliphatic heterocycles. The molecule has 0 atom stereocenters. The fourth-order valence-electron chi connectivity index (χ4n) is 0.809. The molecule has 0 radical (unpaired) electrons. The van der Waals surface area contributed by atoms with Gasteiger partial charge in [0.1, 0.15) is 5.75 Å². The second-order valence-corrected chi connectivity index (χ2v) is 3.10. The van der Waals surface area contributed by atoms with Crippen LogP contribution in [0.5, 0.6) is 5.75 Å². The molecular formula is C11H16BrF2NO3. The van der Waals surface area contributed by atoms with Gasteiger partial charge >= 0.3 is 6.61 Å². The maximum Gasteiger partial charge on any atom is 0.387 e. The minimum Gasteiger partial charge on any atom is -0.435 e. The van der Waals surface area contributed by atoms with Crippen molar-refractivity contribution in [2.75, 3.05) is 0 Å². The van der Waals surface area contributed by atoms with E-state index in [1.807, 2.05) is 27.7 Å². The Morgan fingerprint density at radius 2 is 1.78 bits per heavy atom. The molecule has 0 aliphatic carbocycles. The minimum atomic E-state index is -2.99. The molecule has 0 aliphatic rings. The van der Waals surface area contributed by atoms with Gasteiger partial charge in [0.25, 0.3) is 5.69 Å². The van der Waals surface area contributed by atoms with Crippen molar-refractivity contribution in [2.24, 2.45) is 0 Å². The van der Waals surface area contributed by atoms with Gasteiger partial charge < -0.3 is 4.74 Å². The van der Waals surface area contributed by atoms with Gasteiger partial charge in [0.05, 0.1) is 15.5 Å². The highest BCUT2D eigenvalue weighted by molar-refractivity contribution is 9.10. The lowest BCUT2D eigenvalue weighted by Gasteiger charge is -2.03. The number of nitro groups is 1. The van der Waals surface area contributed by atoms with Crippen LogP contribution in [0.15, 0.2) is 22.7 Å². The van der Waals surface area contributed by atoms with Crippen LogP contribution in [0.25, 0.3) is 0 Å². The third kappa shape index (κ3) is 7.16. The Bertz CT molecular complexity index is 362. The second kappa shape index (κ2) is 10.9. The fourth-order valence-corrected chi connectivity index (χ4v) is 1.20. The van der Waals surface area contributed by atoms with E-state index in [1.165, 1.54) is 12.1 Å². The standard InChI is InChI=1S/C7H4BrF2NO3.2C2H6/c8-5-2-1-4(14-7(9)10)3-6(5)11(12)13;2*1-2/h1-3,7H;2*1-2H3. The zero-order chi connectivity index (χ0) is 14.7. The molecule has 0 fully saturated rings. The molecule has 1 aromatic rings. The summed E-state index contributed by atoms with van der Waals surface area (Å²) in [6, 6.07) is 3.41. The van der Waals surface area contributed by atoms with E-state index in [9.17, 15) is 18.9 Å². The van der Waals surface area contributed by atoms with E-state index in [2.05, 4.69) is 20.7 Å². The molecule has 0 bridgehead atoms. The Hall–Kier alpha value is -1.24. The monoisotopic (exact) mass is 327 g/mol. The van der Waals surface area contributed by atoms with E-state index < -0.39 is 11.5 Å². The maximum absolute atomic E-state index is 11.8. The van der Waals surface area contributed by atoms with Crippen LogP contribution in [0.1, 0.15) is 27.7 Å². The second-order valence-electron chi connectivity index (χ2n) is 2.25. The summed E-state index contributed by atoms with van der Waals surface area (Å²) in [5.41, 5.74) is -0.317. The summed E-state index contributed by atoms with van der Waals surface area (Å²) in [6.45, 7) is 5.01. The summed E-state index contributed by atoms with van der Waals surface area (Å²) < 4.78 is 27.7. The average Bonchev–Trinajstić information content (AvgIpc) is 2.36. The van der Waals surface area contributed by atoms with Crippen LogP contribution in [0.4, 0.5) is 14.5 Å². The first-order valence-electron chi connectivity index (χ1n) is 5.39. The molecule has 4 nitrogen and oxygen atoms in total. The predicted molar refractivity (Wildman–Crippen MR) is 70.1 cm³/mol. The lowest BCUT2D eigenvalue weighted by atomic mass is 10.3. The average molecular weight is 328 g/mol. The van der Waals surface area contributed by atoms with Crippen LogP contribution in [-0.2, 0) is 0 Å². The van der Waals surface area contributed by atoms with Gasteiger partial charge in [-0.25, -0.2) is 0 Å². The van der Waals surface area contributed by atoms with Crippen molar-refractivity contribution in [1.29, 1.82) is 0 Å². The molecule has 0 N–H and O–H groups in total. The van der Waals surface area contributed by atoms with Crippen molar-refractivity contribution in [3.63, 3.8) is 0 Å². The smallest absolute Gasteiger partial charge is 0.387 e. The Balaban J connectivity index is 0. The third-order valence-corrected chi connectivity index (χ3v) is 2.01. The molecule has 0 unspecified atom stereocenters. The van der Waals surface area contributed by atoms with E-state index in [0.717, 1.165) is 6.07 Å². The van der Waals surface area contributed by atoms with Crippen LogP contribution >= 0.6 is 15.9 Å². The van der Waals surface area contributed by atoms with Crippen molar-refractivity contribution in [3.8, 4) is 5.75 Å². The van der Waals surface area contributed by atoms with Crippen molar-refractivity contribution in [3.05, 3.63) is 32.8 Å². The highest BCUT2D eigenvalue weighted by Gasteiger charge is 2.14. The Morgan fingerprint density at radius 1 is 1.28 bits per heavy atom. The van der Waals surface area contributed by atoms with Gasteiger partial charge in [-0.15, -0.1) is 0 Å². The summed E-state index contributed by atoms with van der Waals surface area (Å²) >= 11 is 2.91. The molecule has 0 saturated carbocycles. The topological polar surface area (TPSA) is 52.4 Å². The molecule has 0 spiro atoms. The zero-order valence-corrected chi connectivity index (χ0v) is 12.2. The number of benzene rings is 1. The van der Waals surface area contributed by atoms with Gasteiger partial charge in [-0.1, -0.05) is 27.7 Å². The highest BCUT2D eigenvalue weighted by Crippen LogP contribution is 2.29. The van der Waals surface area contributed by atoms with Crippen LogP contribution in [0.3, 0.4) is 0 Å². The summed E-state index contributed by atoms with van der Waals surface area (Å²) in [4.78, 5) is 9.70. The molecule has 0 aromatic heterocycles. The molecule has 1 rings (SSSR count). The molecule has 0 heterocycles. The van der Waals surface area contributed by atoms with Gasteiger partial charge in [0.2, 0.25) is 0 Å². The van der Waals surface area contributed by atoms with Crippen molar-refractivity contribution in [1.82, 2.24) is 0 Å². The molecule has 104 valence electrons. The quantitative estimate of drug-likeness (QED) is 0.579. The molecule has 7 heteroatoms. The first-order valence-corrected chi connectivity index (χ1v) is 6.19. The summed E-state index contributed by atoms with van der Waals surface area (Å²) in [5.74, 6) is -0.241. The van der Waals surface area contributed by atoms with Crippen LogP contribution in [-0.4, -0.2) is 11.5 Å². The first-order chi connectivity index (χ1) is 8.50. The number of halogens is 3. The molecule has 0 amide bonds. The largest absolute Gasteiger partial charge is 0.435 e. The summed E-state index contributed by atoms with van der Waals surface area (Å²) in [7, 11) is 0. The minimum absolute atomic E-state index is 0.212.